The maximum absolute atomic E-state index is 12.6. The number of methoxy groups -OCH3 is 1. The van der Waals surface area contributed by atoms with Gasteiger partial charge in [0.2, 0.25) is 0 Å². The Labute approximate surface area is 189 Å². The fourth-order valence-electron chi connectivity index (χ4n) is 4.43. The molecule has 11 heteroatoms. The molecule has 0 aromatic heterocycles. The number of nitrogens with zero attached hydrogens (tertiary/aromatic N) is 4. The van der Waals surface area contributed by atoms with Crippen molar-refractivity contribution in [3.8, 4) is 5.75 Å². The Morgan fingerprint density at radius 1 is 1.03 bits per heavy atom. The number of rotatable bonds is 7. The molecule has 0 bridgehead atoms. The molecule has 33 heavy (non-hydrogen) atoms. The van der Waals surface area contributed by atoms with Crippen molar-refractivity contribution in [3.05, 3.63) is 73.8 Å². The number of ether oxygens (including phenoxy) is 2. The lowest BCUT2D eigenvalue weighted by molar-refractivity contribution is -0.385. The molecule has 2 saturated heterocycles. The van der Waals surface area contributed by atoms with Crippen LogP contribution >= 0.6 is 0 Å². The molecule has 4 rings (SSSR count). The van der Waals surface area contributed by atoms with E-state index >= 15 is 0 Å². The van der Waals surface area contributed by atoms with Gasteiger partial charge in [-0.05, 0) is 11.6 Å². The standard InChI is InChI=1S/C22H24N4O7/c1-32-20-6-5-19(26(30)31)12-17(20)14-24-15-22(33-21(24)27)7-9-23(10-8-22)13-16-3-2-4-18(11-16)25(28)29/h2-6,11-12H,7-10,13-15H2,1H3. The maximum Gasteiger partial charge on any atom is 0.410 e. The highest BCUT2D eigenvalue weighted by Gasteiger charge is 2.47. The third-order valence-corrected chi connectivity index (χ3v) is 6.17. The fraction of sp³-hybridized carbons (Fsp3) is 0.409. The van der Waals surface area contributed by atoms with Gasteiger partial charge in [-0.2, -0.15) is 0 Å². The molecular weight excluding hydrogens is 432 g/mol. The van der Waals surface area contributed by atoms with E-state index in [-0.39, 0.29) is 17.9 Å². The number of benzene rings is 2. The number of non-ortho nitro benzene ring substituents is 2. The fourth-order valence-corrected chi connectivity index (χ4v) is 4.43. The van der Waals surface area contributed by atoms with Crippen molar-refractivity contribution in [2.75, 3.05) is 26.7 Å². The third-order valence-electron chi connectivity index (χ3n) is 6.17. The van der Waals surface area contributed by atoms with Crippen LogP contribution in [0.15, 0.2) is 42.5 Å². The van der Waals surface area contributed by atoms with Crippen LogP contribution in [0.2, 0.25) is 0 Å². The smallest absolute Gasteiger partial charge is 0.410 e. The lowest BCUT2D eigenvalue weighted by Gasteiger charge is -2.37. The monoisotopic (exact) mass is 456 g/mol. The summed E-state index contributed by atoms with van der Waals surface area (Å²) in [6, 6.07) is 10.9. The first kappa shape index (κ1) is 22.5. The van der Waals surface area contributed by atoms with Crippen LogP contribution in [0.1, 0.15) is 24.0 Å². The predicted molar refractivity (Wildman–Crippen MR) is 117 cm³/mol. The van der Waals surface area contributed by atoms with Gasteiger partial charge in [-0.3, -0.25) is 30.0 Å². The van der Waals surface area contributed by atoms with Crippen LogP contribution in [0.25, 0.3) is 0 Å². The number of nitro groups is 2. The summed E-state index contributed by atoms with van der Waals surface area (Å²) in [4.78, 5) is 37.6. The molecule has 2 aliphatic rings. The molecule has 2 fully saturated rings. The minimum absolute atomic E-state index is 0.0671. The molecule has 0 saturated carbocycles. The minimum atomic E-state index is -0.607. The lowest BCUT2D eigenvalue weighted by Crippen LogP contribution is -2.46. The van der Waals surface area contributed by atoms with Gasteiger partial charge in [-0.25, -0.2) is 4.79 Å². The molecule has 0 N–H and O–H groups in total. The Kier molecular flexibility index (Phi) is 6.14. The molecule has 0 atom stereocenters. The van der Waals surface area contributed by atoms with Gasteiger partial charge in [0.25, 0.3) is 11.4 Å². The summed E-state index contributed by atoms with van der Waals surface area (Å²) >= 11 is 0. The summed E-state index contributed by atoms with van der Waals surface area (Å²) in [6.45, 7) is 2.50. The molecule has 2 aliphatic heterocycles. The highest BCUT2D eigenvalue weighted by Crippen LogP contribution is 2.36. The number of carbonyl (C=O) groups excluding carboxylic acids is 1. The average molecular weight is 456 g/mol. The molecule has 0 aliphatic carbocycles. The predicted octanol–water partition coefficient (Wildman–Crippen LogP) is 3.50. The molecule has 2 aromatic carbocycles. The molecular formula is C22H24N4O7. The van der Waals surface area contributed by atoms with E-state index in [1.807, 2.05) is 6.07 Å². The first-order valence-corrected chi connectivity index (χ1v) is 10.5. The van der Waals surface area contributed by atoms with Crippen molar-refractivity contribution < 1.29 is 24.1 Å². The topological polar surface area (TPSA) is 128 Å². The molecule has 2 heterocycles. The number of amides is 1. The Balaban J connectivity index is 1.39. The van der Waals surface area contributed by atoms with Crippen molar-refractivity contribution in [1.29, 1.82) is 0 Å². The Hall–Kier alpha value is -3.73. The summed E-state index contributed by atoms with van der Waals surface area (Å²) in [7, 11) is 1.48. The van der Waals surface area contributed by atoms with Gasteiger partial charge < -0.3 is 9.47 Å². The maximum atomic E-state index is 12.6. The summed E-state index contributed by atoms with van der Waals surface area (Å²) in [5.74, 6) is 0.473. The van der Waals surface area contributed by atoms with Crippen LogP contribution in [0.4, 0.5) is 16.2 Å². The van der Waals surface area contributed by atoms with Gasteiger partial charge in [0.05, 0.1) is 30.0 Å². The van der Waals surface area contributed by atoms with E-state index in [0.29, 0.717) is 50.3 Å². The van der Waals surface area contributed by atoms with E-state index in [1.54, 1.807) is 17.0 Å². The van der Waals surface area contributed by atoms with Crippen molar-refractivity contribution in [1.82, 2.24) is 9.80 Å². The van der Waals surface area contributed by atoms with Gasteiger partial charge in [0.1, 0.15) is 11.4 Å². The number of likely N-dealkylation sites (tertiary alicyclic amines) is 1. The Bertz CT molecular complexity index is 1080. The van der Waals surface area contributed by atoms with Crippen LogP contribution in [-0.2, 0) is 17.8 Å². The number of hydrogen-bond donors (Lipinski definition) is 0. The van der Waals surface area contributed by atoms with Crippen LogP contribution in [0, 0.1) is 20.2 Å². The van der Waals surface area contributed by atoms with Crippen LogP contribution in [0.5, 0.6) is 5.75 Å². The molecule has 174 valence electrons. The third kappa shape index (κ3) is 4.87. The molecule has 11 nitrogen and oxygen atoms in total. The van der Waals surface area contributed by atoms with Gasteiger partial charge in [0, 0.05) is 62.3 Å². The van der Waals surface area contributed by atoms with Gasteiger partial charge in [-0.1, -0.05) is 12.1 Å². The molecule has 2 aromatic rings. The number of piperidine rings is 1. The van der Waals surface area contributed by atoms with E-state index in [1.165, 1.54) is 31.4 Å². The lowest BCUT2D eigenvalue weighted by atomic mass is 9.91. The van der Waals surface area contributed by atoms with Gasteiger partial charge in [0.15, 0.2) is 0 Å². The number of hydrogen-bond acceptors (Lipinski definition) is 8. The zero-order chi connectivity index (χ0) is 23.6. The summed E-state index contributed by atoms with van der Waals surface area (Å²) in [6.07, 6.45) is 0.822. The summed E-state index contributed by atoms with van der Waals surface area (Å²) in [5, 5.41) is 22.1. The first-order valence-electron chi connectivity index (χ1n) is 10.5. The molecule has 1 amide bonds. The Morgan fingerprint density at radius 3 is 2.39 bits per heavy atom. The molecule has 0 unspecified atom stereocenters. The summed E-state index contributed by atoms with van der Waals surface area (Å²) < 4.78 is 11.1. The largest absolute Gasteiger partial charge is 0.496 e. The van der Waals surface area contributed by atoms with Crippen molar-refractivity contribution in [2.45, 2.75) is 31.5 Å². The zero-order valence-electron chi connectivity index (χ0n) is 18.1. The first-order chi connectivity index (χ1) is 15.8. The van der Waals surface area contributed by atoms with Crippen molar-refractivity contribution >= 4 is 17.5 Å². The van der Waals surface area contributed by atoms with E-state index in [0.717, 1.165) is 5.56 Å². The van der Waals surface area contributed by atoms with Crippen LogP contribution in [0.3, 0.4) is 0 Å². The second kappa shape index (κ2) is 9.02. The Morgan fingerprint density at radius 2 is 1.73 bits per heavy atom. The second-order valence-corrected chi connectivity index (χ2v) is 8.36. The van der Waals surface area contributed by atoms with E-state index in [9.17, 15) is 25.0 Å². The minimum Gasteiger partial charge on any atom is -0.496 e. The average Bonchev–Trinajstić information content (AvgIpc) is 3.10. The van der Waals surface area contributed by atoms with E-state index < -0.39 is 21.5 Å². The van der Waals surface area contributed by atoms with E-state index in [4.69, 9.17) is 9.47 Å². The summed E-state index contributed by atoms with van der Waals surface area (Å²) in [5.41, 5.74) is 0.803. The SMILES string of the molecule is COc1ccc([N+](=O)[O-])cc1CN1CC2(CCN(Cc3cccc([N+](=O)[O-])c3)CC2)OC1=O. The second-order valence-electron chi connectivity index (χ2n) is 8.36. The zero-order valence-corrected chi connectivity index (χ0v) is 18.1. The van der Waals surface area contributed by atoms with Crippen LogP contribution in [-0.4, -0.2) is 58.1 Å². The van der Waals surface area contributed by atoms with E-state index in [2.05, 4.69) is 4.90 Å². The van der Waals surface area contributed by atoms with Crippen molar-refractivity contribution in [3.63, 3.8) is 0 Å². The van der Waals surface area contributed by atoms with Crippen LogP contribution < -0.4 is 4.74 Å². The number of carbonyl (C=O) groups is 1. The molecule has 0 radical (unpaired) electrons. The van der Waals surface area contributed by atoms with Gasteiger partial charge >= 0.3 is 6.09 Å². The van der Waals surface area contributed by atoms with Gasteiger partial charge in [-0.15, -0.1) is 0 Å². The quantitative estimate of drug-likeness (QED) is 0.457. The van der Waals surface area contributed by atoms with Crippen molar-refractivity contribution in [2.24, 2.45) is 0 Å². The molecule has 1 spiro atoms. The highest BCUT2D eigenvalue weighted by molar-refractivity contribution is 5.71. The normalized spacial score (nSPS) is 17.7. The highest BCUT2D eigenvalue weighted by atomic mass is 16.6. The number of nitro benzene ring substituents is 2.